The van der Waals surface area contributed by atoms with Crippen molar-refractivity contribution in [3.63, 3.8) is 0 Å². The Hall–Kier alpha value is -3.85. The van der Waals surface area contributed by atoms with Crippen LogP contribution in [0.4, 0.5) is 5.69 Å². The second-order valence-corrected chi connectivity index (χ2v) is 7.10. The molecule has 0 bridgehead atoms. The molecule has 0 saturated heterocycles. The van der Waals surface area contributed by atoms with Gasteiger partial charge in [0.15, 0.2) is 11.6 Å². The van der Waals surface area contributed by atoms with E-state index in [0.717, 1.165) is 22.4 Å². The lowest BCUT2D eigenvalue weighted by Crippen LogP contribution is -2.07. The summed E-state index contributed by atoms with van der Waals surface area (Å²) in [6.45, 7) is 2.00. The lowest BCUT2D eigenvalue weighted by Gasteiger charge is -2.09. The van der Waals surface area contributed by atoms with Gasteiger partial charge in [-0.25, -0.2) is 9.67 Å². The van der Waals surface area contributed by atoms with Crippen LogP contribution in [0.1, 0.15) is 12.7 Å². The van der Waals surface area contributed by atoms with Gasteiger partial charge in [0, 0.05) is 68.5 Å². The van der Waals surface area contributed by atoms with Crippen LogP contribution in [0.25, 0.3) is 28.2 Å². The van der Waals surface area contributed by atoms with Crippen LogP contribution in [0.2, 0.25) is 0 Å². The molecule has 0 unspecified atom stereocenters. The molecule has 158 valence electrons. The average molecular weight is 417 g/mol. The Balaban J connectivity index is 1.79. The van der Waals surface area contributed by atoms with Gasteiger partial charge in [-0.2, -0.15) is 10.2 Å². The molecule has 4 aromatic rings. The minimum absolute atomic E-state index is 0.134. The molecule has 1 amide bonds. The van der Waals surface area contributed by atoms with E-state index in [4.69, 9.17) is 9.72 Å². The fourth-order valence-corrected chi connectivity index (χ4v) is 3.23. The summed E-state index contributed by atoms with van der Waals surface area (Å²) in [5, 5.41) is 11.7. The lowest BCUT2D eigenvalue weighted by atomic mass is 10.1. The zero-order chi connectivity index (χ0) is 21.8. The van der Waals surface area contributed by atoms with Crippen molar-refractivity contribution in [3.05, 3.63) is 60.9 Å². The van der Waals surface area contributed by atoms with Crippen molar-refractivity contribution in [1.82, 2.24) is 29.5 Å². The summed E-state index contributed by atoms with van der Waals surface area (Å²) in [5.74, 6) is 1.18. The first kappa shape index (κ1) is 20.4. The van der Waals surface area contributed by atoms with Crippen LogP contribution in [-0.2, 0) is 23.0 Å². The predicted molar refractivity (Wildman–Crippen MR) is 117 cm³/mol. The molecule has 31 heavy (non-hydrogen) atoms. The van der Waals surface area contributed by atoms with Gasteiger partial charge in [-0.3, -0.25) is 14.5 Å². The molecule has 4 rings (SSSR count). The van der Waals surface area contributed by atoms with Crippen LogP contribution >= 0.6 is 0 Å². The van der Waals surface area contributed by atoms with Crippen molar-refractivity contribution in [2.75, 3.05) is 19.0 Å². The summed E-state index contributed by atoms with van der Waals surface area (Å²) in [7, 11) is 3.53. The van der Waals surface area contributed by atoms with Crippen molar-refractivity contribution < 1.29 is 9.53 Å². The van der Waals surface area contributed by atoms with Crippen LogP contribution in [0.3, 0.4) is 0 Å². The Labute approximate surface area is 179 Å². The third-order valence-corrected chi connectivity index (χ3v) is 4.63. The quantitative estimate of drug-likeness (QED) is 0.496. The number of rotatable bonds is 7. The summed E-state index contributed by atoms with van der Waals surface area (Å²) < 4.78 is 8.71. The second-order valence-electron chi connectivity index (χ2n) is 7.10. The first-order chi connectivity index (χ1) is 15.0. The van der Waals surface area contributed by atoms with Crippen LogP contribution in [0.15, 0.2) is 55.1 Å². The third-order valence-electron chi connectivity index (χ3n) is 4.63. The molecule has 9 nitrogen and oxygen atoms in total. The molecular formula is C22H23N7O2. The van der Waals surface area contributed by atoms with E-state index in [9.17, 15) is 4.79 Å². The number of methoxy groups -OCH3 is 1. The molecular weight excluding hydrogens is 394 g/mol. The number of aromatic nitrogens is 6. The molecule has 0 radical (unpaired) electrons. The number of aryl methyl sites for hydroxylation is 1. The maximum atomic E-state index is 11.5. The number of pyridine rings is 1. The number of benzene rings is 1. The number of anilines is 1. The van der Waals surface area contributed by atoms with Crippen LogP contribution < -0.4 is 5.32 Å². The largest absolute Gasteiger partial charge is 0.384 e. The van der Waals surface area contributed by atoms with Crippen molar-refractivity contribution in [2.45, 2.75) is 13.3 Å². The van der Waals surface area contributed by atoms with Crippen LogP contribution in [0, 0.1) is 0 Å². The van der Waals surface area contributed by atoms with Gasteiger partial charge in [-0.05, 0) is 24.3 Å². The molecule has 9 heteroatoms. The molecule has 0 saturated carbocycles. The average Bonchev–Trinajstić information content (AvgIpc) is 3.39. The van der Waals surface area contributed by atoms with E-state index in [1.165, 1.54) is 6.92 Å². The highest BCUT2D eigenvalue weighted by molar-refractivity contribution is 5.89. The normalized spacial score (nSPS) is 10.9. The highest BCUT2D eigenvalue weighted by atomic mass is 16.5. The van der Waals surface area contributed by atoms with Crippen molar-refractivity contribution >= 4 is 11.6 Å². The molecule has 0 spiro atoms. The molecule has 1 aromatic carbocycles. The summed E-state index contributed by atoms with van der Waals surface area (Å²) in [4.78, 5) is 20.6. The highest BCUT2D eigenvalue weighted by Gasteiger charge is 2.16. The predicted octanol–water partition coefficient (Wildman–Crippen LogP) is 2.88. The van der Waals surface area contributed by atoms with Gasteiger partial charge in [0.1, 0.15) is 0 Å². The Morgan fingerprint density at radius 3 is 2.71 bits per heavy atom. The molecule has 3 heterocycles. The van der Waals surface area contributed by atoms with Crippen molar-refractivity contribution in [1.29, 1.82) is 0 Å². The molecule has 0 aliphatic rings. The number of nitrogens with one attached hydrogen (secondary N) is 1. The molecule has 3 aromatic heterocycles. The summed E-state index contributed by atoms with van der Waals surface area (Å²) >= 11 is 0. The number of ether oxygens (including phenoxy) is 1. The van der Waals surface area contributed by atoms with Gasteiger partial charge in [-0.1, -0.05) is 6.07 Å². The van der Waals surface area contributed by atoms with E-state index in [0.29, 0.717) is 30.4 Å². The number of hydrogen-bond donors (Lipinski definition) is 1. The minimum Gasteiger partial charge on any atom is -0.384 e. The lowest BCUT2D eigenvalue weighted by molar-refractivity contribution is -0.114. The van der Waals surface area contributed by atoms with E-state index in [-0.39, 0.29) is 5.91 Å². The Morgan fingerprint density at radius 1 is 1.13 bits per heavy atom. The monoisotopic (exact) mass is 417 g/mol. The highest BCUT2D eigenvalue weighted by Crippen LogP contribution is 2.26. The van der Waals surface area contributed by atoms with Crippen molar-refractivity contribution in [2.24, 2.45) is 7.05 Å². The second kappa shape index (κ2) is 8.88. The van der Waals surface area contributed by atoms with E-state index < -0.39 is 0 Å². The first-order valence-corrected chi connectivity index (χ1v) is 9.81. The van der Waals surface area contributed by atoms with E-state index >= 15 is 0 Å². The third kappa shape index (κ3) is 4.67. The first-order valence-electron chi connectivity index (χ1n) is 9.81. The van der Waals surface area contributed by atoms with Gasteiger partial charge in [0.05, 0.1) is 18.5 Å². The minimum atomic E-state index is -0.134. The van der Waals surface area contributed by atoms with E-state index in [1.54, 1.807) is 35.1 Å². The zero-order valence-corrected chi connectivity index (χ0v) is 17.6. The number of carbonyl (C=O) groups excluding carboxylic acids is 1. The molecule has 0 fully saturated rings. The molecule has 1 N–H and O–H groups in total. The number of amides is 1. The number of carbonyl (C=O) groups is 1. The Bertz CT molecular complexity index is 1210. The van der Waals surface area contributed by atoms with Gasteiger partial charge in [0.2, 0.25) is 5.91 Å². The van der Waals surface area contributed by atoms with E-state index in [2.05, 4.69) is 20.5 Å². The fraction of sp³-hybridized carbons (Fsp3) is 0.227. The molecule has 0 aliphatic carbocycles. The maximum Gasteiger partial charge on any atom is 0.221 e. The maximum absolute atomic E-state index is 11.5. The summed E-state index contributed by atoms with van der Waals surface area (Å²) in [6, 6.07) is 9.49. The number of hydrogen-bond acceptors (Lipinski definition) is 6. The Morgan fingerprint density at radius 2 is 1.97 bits per heavy atom. The SMILES string of the molecule is COCCc1nc(-c2cncc(-c3cnn(C)c3)c2)n(-c2cccc(NC(C)=O)c2)n1. The standard InChI is InChI=1S/C22H23N7O2/c1-15(30)25-19-5-4-6-20(10-19)29-22(26-21(27-29)7-8-31-3)17-9-16(11-23-12-17)18-13-24-28(2)14-18/h4-6,9-14H,7-8H2,1-3H3,(H,25,30). The Kier molecular flexibility index (Phi) is 5.85. The van der Waals surface area contributed by atoms with Crippen LogP contribution in [0.5, 0.6) is 0 Å². The summed E-state index contributed by atoms with van der Waals surface area (Å²) in [6.07, 6.45) is 7.87. The van der Waals surface area contributed by atoms with Gasteiger partial charge >= 0.3 is 0 Å². The smallest absolute Gasteiger partial charge is 0.221 e. The van der Waals surface area contributed by atoms with Gasteiger partial charge in [-0.15, -0.1) is 0 Å². The van der Waals surface area contributed by atoms with Crippen molar-refractivity contribution in [3.8, 4) is 28.2 Å². The van der Waals surface area contributed by atoms with E-state index in [1.807, 2.05) is 43.6 Å². The number of nitrogens with zero attached hydrogens (tertiary/aromatic N) is 6. The topological polar surface area (TPSA) is 99.8 Å². The van der Waals surface area contributed by atoms with Gasteiger partial charge < -0.3 is 10.1 Å². The van der Waals surface area contributed by atoms with Crippen LogP contribution in [-0.4, -0.2) is 49.2 Å². The fourth-order valence-electron chi connectivity index (χ4n) is 3.23. The summed E-state index contributed by atoms with van der Waals surface area (Å²) in [5.41, 5.74) is 4.19. The molecule has 0 aliphatic heterocycles. The van der Waals surface area contributed by atoms with Gasteiger partial charge in [0.25, 0.3) is 0 Å². The molecule has 0 atom stereocenters. The zero-order valence-electron chi connectivity index (χ0n) is 17.6.